The maximum atomic E-state index is 11.9. The Morgan fingerprint density at radius 3 is 2.53 bits per heavy atom. The van der Waals surface area contributed by atoms with Crippen molar-refractivity contribution in [2.45, 2.75) is 65.8 Å². The molecular weight excluding hydrogens is 260 g/mol. The lowest BCUT2D eigenvalue weighted by atomic mass is 9.81. The molecule has 3 atom stereocenters. The van der Waals surface area contributed by atoms with Crippen LogP contribution in [0, 0.1) is 17.3 Å². The fraction of sp³-hybridized carbons (Fsp3) is 0.933. The van der Waals surface area contributed by atoms with Gasteiger partial charge in [0, 0.05) is 6.54 Å². The lowest BCUT2D eigenvalue weighted by Gasteiger charge is -2.28. The molecule has 1 aliphatic rings. The summed E-state index contributed by atoms with van der Waals surface area (Å²) >= 11 is 0. The summed E-state index contributed by atoms with van der Waals surface area (Å²) < 4.78 is 0. The van der Waals surface area contributed by atoms with Gasteiger partial charge in [0.2, 0.25) is 5.91 Å². The van der Waals surface area contributed by atoms with Crippen molar-refractivity contribution in [2.75, 3.05) is 6.54 Å². The highest BCUT2D eigenvalue weighted by Crippen LogP contribution is 2.30. The molecule has 4 heteroatoms. The summed E-state index contributed by atoms with van der Waals surface area (Å²) in [6.45, 7) is 9.11. The van der Waals surface area contributed by atoms with Crippen LogP contribution < -0.4 is 11.1 Å². The molecule has 0 radical (unpaired) electrons. The van der Waals surface area contributed by atoms with E-state index in [0.29, 0.717) is 0 Å². The Bertz CT molecular complexity index is 276. The second kappa shape index (κ2) is 8.11. The fourth-order valence-corrected chi connectivity index (χ4v) is 2.72. The van der Waals surface area contributed by atoms with E-state index in [1.54, 1.807) is 0 Å². The minimum Gasteiger partial charge on any atom is -0.355 e. The highest BCUT2D eigenvalue weighted by molar-refractivity contribution is 5.85. The topological polar surface area (TPSA) is 55.1 Å². The van der Waals surface area contributed by atoms with Crippen molar-refractivity contribution >= 4 is 18.3 Å². The van der Waals surface area contributed by atoms with Crippen LogP contribution in [-0.2, 0) is 4.79 Å². The van der Waals surface area contributed by atoms with Gasteiger partial charge in [-0.25, -0.2) is 0 Å². The van der Waals surface area contributed by atoms with Gasteiger partial charge in [0.05, 0.1) is 6.04 Å². The summed E-state index contributed by atoms with van der Waals surface area (Å²) in [5.74, 6) is 1.64. The molecule has 3 nitrogen and oxygen atoms in total. The zero-order valence-corrected chi connectivity index (χ0v) is 13.7. The standard InChI is InChI=1S/C15H30N2O.ClH/c1-11-6-5-7-12(10-11)8-9-17-14(18)13(16)15(2,3)4;/h11-13H,5-10,16H2,1-4H3,(H,17,18);1H/t11?,12?,13-;/m1./s1. The molecule has 1 amide bonds. The average Bonchev–Trinajstić information content (AvgIpc) is 2.26. The smallest absolute Gasteiger partial charge is 0.237 e. The maximum Gasteiger partial charge on any atom is 0.237 e. The number of nitrogens with one attached hydrogen (secondary N) is 1. The minimum atomic E-state index is -0.414. The van der Waals surface area contributed by atoms with E-state index < -0.39 is 6.04 Å². The third-order valence-corrected chi connectivity index (χ3v) is 4.11. The molecule has 0 heterocycles. The molecule has 0 aliphatic heterocycles. The molecule has 19 heavy (non-hydrogen) atoms. The Morgan fingerprint density at radius 2 is 2.00 bits per heavy atom. The number of hydrogen-bond acceptors (Lipinski definition) is 2. The van der Waals surface area contributed by atoms with E-state index in [4.69, 9.17) is 5.73 Å². The van der Waals surface area contributed by atoms with E-state index in [1.807, 2.05) is 20.8 Å². The highest BCUT2D eigenvalue weighted by atomic mass is 35.5. The predicted molar refractivity (Wildman–Crippen MR) is 83.4 cm³/mol. The van der Waals surface area contributed by atoms with Gasteiger partial charge in [0.25, 0.3) is 0 Å². The quantitative estimate of drug-likeness (QED) is 0.836. The molecule has 1 aliphatic carbocycles. The summed E-state index contributed by atoms with van der Waals surface area (Å²) in [6.07, 6.45) is 6.47. The van der Waals surface area contributed by atoms with Crippen molar-refractivity contribution in [1.29, 1.82) is 0 Å². The van der Waals surface area contributed by atoms with Crippen LogP contribution in [-0.4, -0.2) is 18.5 Å². The monoisotopic (exact) mass is 290 g/mol. The SMILES string of the molecule is CC1CCCC(CCNC(=O)[C@@H](N)C(C)(C)C)C1.Cl. The Labute approximate surface area is 124 Å². The summed E-state index contributed by atoms with van der Waals surface area (Å²) in [4.78, 5) is 11.9. The normalized spacial score (nSPS) is 25.3. The first-order chi connectivity index (χ1) is 8.30. The van der Waals surface area contributed by atoms with Crippen LogP contribution in [0.3, 0.4) is 0 Å². The van der Waals surface area contributed by atoms with E-state index in [-0.39, 0.29) is 23.7 Å². The van der Waals surface area contributed by atoms with Crippen LogP contribution in [0.25, 0.3) is 0 Å². The fourth-order valence-electron chi connectivity index (χ4n) is 2.72. The van der Waals surface area contributed by atoms with Gasteiger partial charge < -0.3 is 11.1 Å². The number of halogens is 1. The van der Waals surface area contributed by atoms with Gasteiger partial charge in [-0.05, 0) is 30.1 Å². The van der Waals surface area contributed by atoms with Crippen molar-refractivity contribution in [1.82, 2.24) is 5.32 Å². The van der Waals surface area contributed by atoms with Gasteiger partial charge in [0.15, 0.2) is 0 Å². The molecule has 114 valence electrons. The molecule has 0 aromatic carbocycles. The van der Waals surface area contributed by atoms with E-state index >= 15 is 0 Å². The minimum absolute atomic E-state index is 0. The summed E-state index contributed by atoms with van der Waals surface area (Å²) in [6, 6.07) is -0.414. The second-order valence-corrected chi connectivity index (χ2v) is 7.06. The molecular formula is C15H31ClN2O. The van der Waals surface area contributed by atoms with Gasteiger partial charge in [0.1, 0.15) is 0 Å². The van der Waals surface area contributed by atoms with Crippen molar-refractivity contribution in [2.24, 2.45) is 23.0 Å². The summed E-state index contributed by atoms with van der Waals surface area (Å²) in [5, 5.41) is 2.99. The summed E-state index contributed by atoms with van der Waals surface area (Å²) in [7, 11) is 0. The summed E-state index contributed by atoms with van der Waals surface area (Å²) in [5.41, 5.74) is 5.76. The molecule has 1 fully saturated rings. The van der Waals surface area contributed by atoms with Gasteiger partial charge in [-0.1, -0.05) is 47.0 Å². The number of amides is 1. The lowest BCUT2D eigenvalue weighted by molar-refractivity contribution is -0.124. The molecule has 1 rings (SSSR count). The Morgan fingerprint density at radius 1 is 1.37 bits per heavy atom. The van der Waals surface area contributed by atoms with Gasteiger partial charge in [-0.3, -0.25) is 4.79 Å². The van der Waals surface area contributed by atoms with E-state index in [9.17, 15) is 4.79 Å². The maximum absolute atomic E-state index is 11.9. The Balaban J connectivity index is 0.00000324. The zero-order chi connectivity index (χ0) is 13.8. The van der Waals surface area contributed by atoms with Crippen LogP contribution >= 0.6 is 12.4 Å². The third kappa shape index (κ3) is 6.62. The van der Waals surface area contributed by atoms with Crippen LogP contribution in [0.4, 0.5) is 0 Å². The van der Waals surface area contributed by atoms with Crippen molar-refractivity contribution in [3.05, 3.63) is 0 Å². The number of carbonyl (C=O) groups is 1. The molecule has 0 bridgehead atoms. The van der Waals surface area contributed by atoms with Gasteiger partial charge in [-0.15, -0.1) is 12.4 Å². The second-order valence-electron chi connectivity index (χ2n) is 7.06. The molecule has 1 saturated carbocycles. The number of rotatable bonds is 4. The average molecular weight is 291 g/mol. The van der Waals surface area contributed by atoms with Gasteiger partial charge in [-0.2, -0.15) is 0 Å². The van der Waals surface area contributed by atoms with Crippen LogP contribution in [0.15, 0.2) is 0 Å². The van der Waals surface area contributed by atoms with Crippen LogP contribution in [0.1, 0.15) is 59.8 Å². The largest absolute Gasteiger partial charge is 0.355 e. The molecule has 0 aromatic heterocycles. The number of nitrogens with two attached hydrogens (primary N) is 1. The zero-order valence-electron chi connectivity index (χ0n) is 12.9. The van der Waals surface area contributed by atoms with E-state index in [1.165, 1.54) is 25.7 Å². The molecule has 0 spiro atoms. The van der Waals surface area contributed by atoms with E-state index in [2.05, 4.69) is 12.2 Å². The predicted octanol–water partition coefficient (Wildman–Crippen LogP) is 3.11. The van der Waals surface area contributed by atoms with Gasteiger partial charge >= 0.3 is 0 Å². The van der Waals surface area contributed by atoms with E-state index in [0.717, 1.165) is 24.8 Å². The first-order valence-corrected chi connectivity index (χ1v) is 7.34. The lowest BCUT2D eigenvalue weighted by Crippen LogP contribution is -2.48. The molecule has 0 saturated heterocycles. The first kappa shape index (κ1) is 18.7. The highest BCUT2D eigenvalue weighted by Gasteiger charge is 2.27. The third-order valence-electron chi connectivity index (χ3n) is 4.11. The molecule has 0 aromatic rings. The van der Waals surface area contributed by atoms with Crippen LogP contribution in [0.5, 0.6) is 0 Å². The number of carbonyl (C=O) groups excluding carboxylic acids is 1. The van der Waals surface area contributed by atoms with Crippen molar-refractivity contribution in [3.63, 3.8) is 0 Å². The van der Waals surface area contributed by atoms with Crippen molar-refractivity contribution < 1.29 is 4.79 Å². The van der Waals surface area contributed by atoms with Crippen molar-refractivity contribution in [3.8, 4) is 0 Å². The Hall–Kier alpha value is -0.280. The first-order valence-electron chi connectivity index (χ1n) is 7.34. The van der Waals surface area contributed by atoms with Crippen LogP contribution in [0.2, 0.25) is 0 Å². The Kier molecular flexibility index (Phi) is 7.99. The molecule has 2 unspecified atom stereocenters. The molecule has 3 N–H and O–H groups in total. The number of hydrogen-bond donors (Lipinski definition) is 2.